The fourth-order valence-electron chi connectivity index (χ4n) is 3.01. The van der Waals surface area contributed by atoms with Crippen LogP contribution in [0.25, 0.3) is 0 Å². The summed E-state index contributed by atoms with van der Waals surface area (Å²) in [6.45, 7) is 3.24. The smallest absolute Gasteiger partial charge is 0.0582 e. The third kappa shape index (κ3) is 2.32. The molecule has 3 rings (SSSR count). The fraction of sp³-hybridized carbons (Fsp3) is 0.333. The molecule has 20 heavy (non-hydrogen) atoms. The van der Waals surface area contributed by atoms with Crippen LogP contribution in [0, 0.1) is 6.92 Å². The van der Waals surface area contributed by atoms with Crippen molar-refractivity contribution in [3.8, 4) is 0 Å². The molecule has 0 saturated carbocycles. The summed E-state index contributed by atoms with van der Waals surface area (Å²) in [4.78, 5) is 2.17. The highest BCUT2D eigenvalue weighted by Gasteiger charge is 2.22. The largest absolute Gasteiger partial charge is 0.378 e. The number of hydrogen-bond acceptors (Lipinski definition) is 2. The molecule has 0 spiro atoms. The molecule has 104 valence electrons. The summed E-state index contributed by atoms with van der Waals surface area (Å²) >= 11 is 0. The van der Waals surface area contributed by atoms with Gasteiger partial charge in [-0.1, -0.05) is 30.3 Å². The minimum absolute atomic E-state index is 0.319. The lowest BCUT2D eigenvalue weighted by Gasteiger charge is -2.29. The first kappa shape index (κ1) is 13.2. The van der Waals surface area contributed by atoms with Gasteiger partial charge in [0, 0.05) is 26.3 Å². The summed E-state index contributed by atoms with van der Waals surface area (Å²) in [6, 6.07) is 15.8. The number of fused-ring (bicyclic) bond motifs is 1. The second-order valence-electron chi connectivity index (χ2n) is 5.77. The van der Waals surface area contributed by atoms with Gasteiger partial charge in [-0.25, -0.2) is 0 Å². The van der Waals surface area contributed by atoms with Gasteiger partial charge in [-0.3, -0.25) is 0 Å². The van der Waals surface area contributed by atoms with Crippen LogP contribution in [-0.4, -0.2) is 20.6 Å². The van der Waals surface area contributed by atoms with Crippen molar-refractivity contribution < 1.29 is 0 Å². The number of benzene rings is 2. The maximum atomic E-state index is 3.68. The Morgan fingerprint density at radius 1 is 1.05 bits per heavy atom. The van der Waals surface area contributed by atoms with Crippen LogP contribution >= 0.6 is 0 Å². The fourth-order valence-corrected chi connectivity index (χ4v) is 3.01. The van der Waals surface area contributed by atoms with Gasteiger partial charge in [0.15, 0.2) is 0 Å². The molecule has 1 aliphatic rings. The van der Waals surface area contributed by atoms with Gasteiger partial charge in [0.25, 0.3) is 0 Å². The van der Waals surface area contributed by atoms with Crippen molar-refractivity contribution >= 4 is 5.69 Å². The van der Waals surface area contributed by atoms with Crippen LogP contribution in [0.15, 0.2) is 42.5 Å². The summed E-state index contributed by atoms with van der Waals surface area (Å²) in [5.41, 5.74) is 6.92. The van der Waals surface area contributed by atoms with E-state index >= 15 is 0 Å². The van der Waals surface area contributed by atoms with Crippen LogP contribution in [0.3, 0.4) is 0 Å². The Kier molecular flexibility index (Phi) is 3.49. The van der Waals surface area contributed by atoms with Crippen LogP contribution in [-0.2, 0) is 6.42 Å². The molecule has 1 heterocycles. The van der Waals surface area contributed by atoms with Gasteiger partial charge < -0.3 is 10.2 Å². The van der Waals surface area contributed by atoms with Crippen molar-refractivity contribution in [3.05, 3.63) is 64.7 Å². The van der Waals surface area contributed by atoms with Crippen LogP contribution in [0.1, 0.15) is 28.3 Å². The van der Waals surface area contributed by atoms with Gasteiger partial charge >= 0.3 is 0 Å². The topological polar surface area (TPSA) is 15.3 Å². The first-order chi connectivity index (χ1) is 9.66. The number of nitrogens with zero attached hydrogens (tertiary/aromatic N) is 1. The molecular weight excluding hydrogens is 244 g/mol. The van der Waals surface area contributed by atoms with E-state index in [-0.39, 0.29) is 0 Å². The molecule has 0 fully saturated rings. The van der Waals surface area contributed by atoms with Crippen LogP contribution in [0.2, 0.25) is 0 Å². The van der Waals surface area contributed by atoms with Gasteiger partial charge in [0.05, 0.1) is 6.04 Å². The Hall–Kier alpha value is -1.80. The Morgan fingerprint density at radius 3 is 2.60 bits per heavy atom. The molecule has 0 amide bonds. The van der Waals surface area contributed by atoms with Gasteiger partial charge in [-0.05, 0) is 47.7 Å². The molecule has 0 aliphatic carbocycles. The van der Waals surface area contributed by atoms with Gasteiger partial charge in [-0.15, -0.1) is 0 Å². The van der Waals surface area contributed by atoms with Crippen molar-refractivity contribution in [2.75, 3.05) is 25.5 Å². The van der Waals surface area contributed by atoms with E-state index in [1.54, 1.807) is 0 Å². The molecule has 1 atom stereocenters. The SMILES string of the molecule is Cc1ccccc1C1NCCc2ccc(N(C)C)cc21. The zero-order valence-corrected chi connectivity index (χ0v) is 12.5. The maximum absolute atomic E-state index is 3.68. The van der Waals surface area contributed by atoms with Crippen molar-refractivity contribution in [1.82, 2.24) is 5.32 Å². The predicted octanol–water partition coefficient (Wildman–Crippen LogP) is 3.30. The summed E-state index contributed by atoms with van der Waals surface area (Å²) in [6.07, 6.45) is 1.12. The lowest BCUT2D eigenvalue weighted by atomic mass is 9.87. The van der Waals surface area contributed by atoms with E-state index in [1.165, 1.54) is 27.9 Å². The molecular formula is C18H22N2. The molecule has 2 aromatic rings. The maximum Gasteiger partial charge on any atom is 0.0582 e. The van der Waals surface area contributed by atoms with Gasteiger partial charge in [0.1, 0.15) is 0 Å². The van der Waals surface area contributed by atoms with Crippen molar-refractivity contribution in [2.45, 2.75) is 19.4 Å². The monoisotopic (exact) mass is 266 g/mol. The lowest BCUT2D eigenvalue weighted by Crippen LogP contribution is -2.31. The van der Waals surface area contributed by atoms with E-state index in [0.29, 0.717) is 6.04 Å². The normalized spacial score (nSPS) is 17.6. The Morgan fingerprint density at radius 2 is 1.85 bits per heavy atom. The lowest BCUT2D eigenvalue weighted by molar-refractivity contribution is 0.566. The molecule has 2 nitrogen and oxygen atoms in total. The predicted molar refractivity (Wildman–Crippen MR) is 85.5 cm³/mol. The zero-order valence-electron chi connectivity index (χ0n) is 12.5. The number of nitrogens with one attached hydrogen (secondary N) is 1. The number of aryl methyl sites for hydroxylation is 1. The molecule has 0 aromatic heterocycles. The van der Waals surface area contributed by atoms with E-state index in [9.17, 15) is 0 Å². The van der Waals surface area contributed by atoms with E-state index in [2.05, 4.69) is 73.7 Å². The summed E-state index contributed by atoms with van der Waals surface area (Å²) in [7, 11) is 4.20. The number of hydrogen-bond donors (Lipinski definition) is 1. The molecule has 2 heteroatoms. The van der Waals surface area contributed by atoms with Gasteiger partial charge in [0.2, 0.25) is 0 Å². The first-order valence-corrected chi connectivity index (χ1v) is 7.26. The molecule has 0 bridgehead atoms. The second kappa shape index (κ2) is 5.29. The molecule has 0 radical (unpaired) electrons. The summed E-state index contributed by atoms with van der Waals surface area (Å²) < 4.78 is 0. The van der Waals surface area contributed by atoms with Crippen molar-refractivity contribution in [3.63, 3.8) is 0 Å². The van der Waals surface area contributed by atoms with Crippen molar-refractivity contribution in [1.29, 1.82) is 0 Å². The molecule has 0 saturated heterocycles. The van der Waals surface area contributed by atoms with E-state index < -0.39 is 0 Å². The summed E-state index contributed by atoms with van der Waals surface area (Å²) in [5.74, 6) is 0. The van der Waals surface area contributed by atoms with E-state index in [4.69, 9.17) is 0 Å². The van der Waals surface area contributed by atoms with E-state index in [1.807, 2.05) is 0 Å². The van der Waals surface area contributed by atoms with Crippen LogP contribution < -0.4 is 10.2 Å². The molecule has 2 aromatic carbocycles. The third-order valence-electron chi connectivity index (χ3n) is 4.20. The van der Waals surface area contributed by atoms with Crippen LogP contribution in [0.5, 0.6) is 0 Å². The quantitative estimate of drug-likeness (QED) is 0.897. The number of rotatable bonds is 2. The summed E-state index contributed by atoms with van der Waals surface area (Å²) in [5, 5.41) is 3.68. The first-order valence-electron chi connectivity index (χ1n) is 7.26. The minimum atomic E-state index is 0.319. The average molecular weight is 266 g/mol. The highest BCUT2D eigenvalue weighted by molar-refractivity contribution is 5.53. The van der Waals surface area contributed by atoms with Crippen LogP contribution in [0.4, 0.5) is 5.69 Å². The zero-order chi connectivity index (χ0) is 14.1. The van der Waals surface area contributed by atoms with Crippen molar-refractivity contribution in [2.24, 2.45) is 0 Å². The third-order valence-corrected chi connectivity index (χ3v) is 4.20. The molecule has 1 N–H and O–H groups in total. The average Bonchev–Trinajstić information content (AvgIpc) is 2.46. The number of anilines is 1. The minimum Gasteiger partial charge on any atom is -0.378 e. The molecule has 1 unspecified atom stereocenters. The Bertz CT molecular complexity index is 617. The van der Waals surface area contributed by atoms with Gasteiger partial charge in [-0.2, -0.15) is 0 Å². The standard InChI is InChI=1S/C18H22N2/c1-13-6-4-5-7-16(13)18-17-12-15(20(2)3)9-8-14(17)10-11-19-18/h4-9,12,18-19H,10-11H2,1-3H3. The Balaban J connectivity index is 2.09. The highest BCUT2D eigenvalue weighted by Crippen LogP contribution is 2.32. The second-order valence-corrected chi connectivity index (χ2v) is 5.77. The Labute approximate surface area is 121 Å². The highest BCUT2D eigenvalue weighted by atomic mass is 15.1. The van der Waals surface area contributed by atoms with E-state index in [0.717, 1.165) is 13.0 Å². The molecule has 1 aliphatic heterocycles.